The molecule has 3 aliphatic rings. The molecule has 8 nitrogen and oxygen atoms in total. The van der Waals surface area contributed by atoms with Gasteiger partial charge in [0.15, 0.2) is 28.6 Å². The van der Waals surface area contributed by atoms with Crippen LogP contribution in [-0.4, -0.2) is 64.7 Å². The molecule has 6 atom stereocenters. The lowest BCUT2D eigenvalue weighted by Gasteiger charge is -2.49. The third-order valence-corrected chi connectivity index (χ3v) is 6.88. The number of nitrogens with zero attached hydrogens (tertiary/aromatic N) is 2. The fraction of sp³-hybridized carbons (Fsp3) is 0.917. The van der Waals surface area contributed by atoms with Gasteiger partial charge in [0.05, 0.1) is 36.6 Å². The van der Waals surface area contributed by atoms with Gasteiger partial charge < -0.3 is 28.4 Å². The zero-order chi connectivity index (χ0) is 25.4. The van der Waals surface area contributed by atoms with Gasteiger partial charge in [-0.3, -0.25) is 0 Å². The maximum absolute atomic E-state index is 10.1. The number of alkyl halides is 2. The fourth-order valence-electron chi connectivity index (χ4n) is 5.55. The molecule has 0 amide bonds. The largest absolute Gasteiger partial charge is 0.347 e. The molecule has 192 valence electrons. The van der Waals surface area contributed by atoms with Crippen LogP contribution in [0.25, 0.3) is 0 Å². The van der Waals surface area contributed by atoms with E-state index in [1.807, 2.05) is 13.8 Å². The van der Waals surface area contributed by atoms with E-state index in [-0.39, 0.29) is 36.2 Å². The summed E-state index contributed by atoms with van der Waals surface area (Å²) in [4.78, 5) is 0. The van der Waals surface area contributed by atoms with Crippen LogP contribution >= 0.6 is 23.2 Å². The predicted octanol–water partition coefficient (Wildman–Crippen LogP) is 4.76. The van der Waals surface area contributed by atoms with Crippen molar-refractivity contribution in [2.75, 3.05) is 11.8 Å². The average molecular weight is 519 g/mol. The van der Waals surface area contributed by atoms with Crippen molar-refractivity contribution in [2.24, 2.45) is 0 Å². The molecule has 0 radical (unpaired) electrons. The van der Waals surface area contributed by atoms with Gasteiger partial charge in [-0.1, -0.05) is 0 Å². The second-order valence-electron chi connectivity index (χ2n) is 10.9. The third-order valence-electron chi connectivity index (χ3n) is 6.19. The van der Waals surface area contributed by atoms with E-state index in [9.17, 15) is 10.5 Å². The number of hydrogen-bond donors (Lipinski definition) is 0. The summed E-state index contributed by atoms with van der Waals surface area (Å²) >= 11 is 12.2. The maximum atomic E-state index is 10.1. The Kier molecular flexibility index (Phi) is 8.20. The van der Waals surface area contributed by atoms with Crippen molar-refractivity contribution >= 4 is 23.2 Å². The predicted molar refractivity (Wildman–Crippen MR) is 125 cm³/mol. The van der Waals surface area contributed by atoms with E-state index < -0.39 is 28.6 Å². The smallest absolute Gasteiger partial charge is 0.165 e. The molecule has 3 aliphatic heterocycles. The SMILES string of the molecule is CC1(C)O[C@H](C[C@]2(C#N)C[C@H](CCl)OC(C)(C)O2)C[C@@H](C[C@]2(C#N)C[C@H](CCl)OC(C)(C)O2)O1. The van der Waals surface area contributed by atoms with E-state index >= 15 is 0 Å². The Bertz CT molecular complexity index is 761. The van der Waals surface area contributed by atoms with Crippen molar-refractivity contribution in [2.45, 2.75) is 127 Å². The van der Waals surface area contributed by atoms with Gasteiger partial charge in [-0.15, -0.1) is 23.2 Å². The number of hydrogen-bond acceptors (Lipinski definition) is 8. The standard InChI is InChI=1S/C24H36Cl2N2O6/c1-20(2)29-16(8-23(14-27)10-18(12-25)31-21(3,4)33-23)7-17(30-20)9-24(15-28)11-19(13-26)32-22(5,6)34-24/h16-19H,7-13H2,1-6H3/t16-,17-,18+,19+,23+,24+/m0/s1. The summed E-state index contributed by atoms with van der Waals surface area (Å²) in [5.41, 5.74) is -2.23. The molecule has 0 N–H and O–H groups in total. The van der Waals surface area contributed by atoms with Crippen molar-refractivity contribution in [3.05, 3.63) is 0 Å². The topological polar surface area (TPSA) is 103 Å². The Morgan fingerprint density at radius 1 is 0.647 bits per heavy atom. The monoisotopic (exact) mass is 518 g/mol. The normalized spacial score (nSPS) is 41.2. The molecule has 0 saturated carbocycles. The first-order valence-electron chi connectivity index (χ1n) is 11.7. The van der Waals surface area contributed by atoms with Gasteiger partial charge in [-0.25, -0.2) is 0 Å². The average Bonchev–Trinajstić information content (AvgIpc) is 2.69. The maximum Gasteiger partial charge on any atom is 0.165 e. The van der Waals surface area contributed by atoms with Crippen molar-refractivity contribution in [1.29, 1.82) is 10.5 Å². The second kappa shape index (κ2) is 10.00. The molecule has 0 bridgehead atoms. The molecular formula is C24H36Cl2N2O6. The molecule has 3 fully saturated rings. The molecule has 0 aliphatic carbocycles. The van der Waals surface area contributed by atoms with Crippen LogP contribution in [0.1, 0.15) is 73.6 Å². The van der Waals surface area contributed by atoms with Crippen molar-refractivity contribution in [3.63, 3.8) is 0 Å². The first-order chi connectivity index (χ1) is 15.7. The van der Waals surface area contributed by atoms with Crippen LogP contribution in [0.15, 0.2) is 0 Å². The van der Waals surface area contributed by atoms with Gasteiger partial charge >= 0.3 is 0 Å². The molecule has 0 aromatic rings. The summed E-state index contributed by atoms with van der Waals surface area (Å²) in [5, 5.41) is 20.2. The Morgan fingerprint density at radius 2 is 1.00 bits per heavy atom. The highest BCUT2D eigenvalue weighted by Crippen LogP contribution is 2.43. The minimum atomic E-state index is -1.11. The molecule has 3 heterocycles. The zero-order valence-corrected chi connectivity index (χ0v) is 22.4. The molecule has 0 spiro atoms. The lowest BCUT2D eigenvalue weighted by molar-refractivity contribution is -0.347. The highest BCUT2D eigenvalue weighted by Gasteiger charge is 2.52. The van der Waals surface area contributed by atoms with Crippen LogP contribution in [0, 0.1) is 22.7 Å². The fourth-order valence-corrected chi connectivity index (χ4v) is 5.89. The minimum absolute atomic E-state index is 0.264. The molecule has 34 heavy (non-hydrogen) atoms. The summed E-state index contributed by atoms with van der Waals surface area (Å²) < 4.78 is 36.4. The summed E-state index contributed by atoms with van der Waals surface area (Å²) in [5.74, 6) is -2.28. The summed E-state index contributed by atoms with van der Waals surface area (Å²) in [6, 6.07) is 4.72. The lowest BCUT2D eigenvalue weighted by Crippen LogP contribution is -2.57. The molecule has 0 aromatic heterocycles. The van der Waals surface area contributed by atoms with Crippen LogP contribution in [-0.2, 0) is 28.4 Å². The van der Waals surface area contributed by atoms with Crippen molar-refractivity contribution in [3.8, 4) is 12.1 Å². The summed E-state index contributed by atoms with van der Waals surface area (Å²) in [7, 11) is 0. The second-order valence-corrected chi connectivity index (χ2v) is 11.6. The van der Waals surface area contributed by atoms with E-state index in [2.05, 4.69) is 12.1 Å². The van der Waals surface area contributed by atoms with Gasteiger partial charge in [-0.05, 0) is 41.5 Å². The highest BCUT2D eigenvalue weighted by atomic mass is 35.5. The van der Waals surface area contributed by atoms with Gasteiger partial charge in [0.1, 0.15) is 0 Å². The van der Waals surface area contributed by atoms with Gasteiger partial charge in [0.2, 0.25) is 0 Å². The Labute approximate surface area is 212 Å². The van der Waals surface area contributed by atoms with Gasteiger partial charge in [-0.2, -0.15) is 10.5 Å². The van der Waals surface area contributed by atoms with E-state index in [1.165, 1.54) is 0 Å². The number of nitriles is 2. The van der Waals surface area contributed by atoms with Crippen LogP contribution in [0.3, 0.4) is 0 Å². The van der Waals surface area contributed by atoms with E-state index in [0.29, 0.717) is 32.1 Å². The molecule has 3 saturated heterocycles. The van der Waals surface area contributed by atoms with Gasteiger partial charge in [0.25, 0.3) is 0 Å². The van der Waals surface area contributed by atoms with Gasteiger partial charge in [0, 0.05) is 43.9 Å². The minimum Gasteiger partial charge on any atom is -0.347 e. The van der Waals surface area contributed by atoms with E-state index in [4.69, 9.17) is 51.6 Å². The quantitative estimate of drug-likeness (QED) is 0.463. The van der Waals surface area contributed by atoms with E-state index in [0.717, 1.165) is 0 Å². The first-order valence-corrected chi connectivity index (χ1v) is 12.8. The zero-order valence-electron chi connectivity index (χ0n) is 20.9. The molecule has 0 unspecified atom stereocenters. The summed E-state index contributed by atoms with van der Waals surface area (Å²) in [6.07, 6.45) is 0.520. The third kappa shape index (κ3) is 6.75. The Morgan fingerprint density at radius 3 is 1.32 bits per heavy atom. The molecule has 10 heteroatoms. The van der Waals surface area contributed by atoms with Crippen LogP contribution in [0.4, 0.5) is 0 Å². The number of ether oxygens (including phenoxy) is 6. The lowest BCUT2D eigenvalue weighted by atomic mass is 9.84. The molecular weight excluding hydrogens is 483 g/mol. The summed E-state index contributed by atoms with van der Waals surface area (Å²) in [6.45, 7) is 10.8. The highest BCUT2D eigenvalue weighted by molar-refractivity contribution is 6.18. The van der Waals surface area contributed by atoms with Crippen LogP contribution in [0.2, 0.25) is 0 Å². The van der Waals surface area contributed by atoms with Crippen molar-refractivity contribution in [1.82, 2.24) is 0 Å². The number of halogens is 2. The Balaban J connectivity index is 1.79. The molecule has 3 rings (SSSR count). The first kappa shape index (κ1) is 27.9. The Hall–Kier alpha value is -0.680. The van der Waals surface area contributed by atoms with E-state index in [1.54, 1.807) is 27.7 Å². The van der Waals surface area contributed by atoms with Crippen LogP contribution < -0.4 is 0 Å². The van der Waals surface area contributed by atoms with Crippen molar-refractivity contribution < 1.29 is 28.4 Å². The molecule has 0 aromatic carbocycles. The van der Waals surface area contributed by atoms with Crippen LogP contribution in [0.5, 0.6) is 0 Å². The number of rotatable bonds is 6.